The highest BCUT2D eigenvalue weighted by Crippen LogP contribution is 2.24. The van der Waals surface area contributed by atoms with E-state index in [-0.39, 0.29) is 29.7 Å². The molecule has 1 aliphatic rings. The molecule has 6 nitrogen and oxygen atoms in total. The van der Waals surface area contributed by atoms with E-state index >= 15 is 0 Å². The third-order valence-corrected chi connectivity index (χ3v) is 6.99. The van der Waals surface area contributed by atoms with Crippen molar-refractivity contribution in [2.75, 3.05) is 25.9 Å². The quantitative estimate of drug-likeness (QED) is 0.409. The lowest BCUT2D eigenvalue weighted by molar-refractivity contribution is 0.351. The highest BCUT2D eigenvalue weighted by molar-refractivity contribution is 14.0. The smallest absolute Gasteiger partial charge is 0.194 e. The van der Waals surface area contributed by atoms with Crippen LogP contribution in [0.1, 0.15) is 19.6 Å². The van der Waals surface area contributed by atoms with Crippen LogP contribution < -0.4 is 5.32 Å². The van der Waals surface area contributed by atoms with Crippen LogP contribution in [0, 0.1) is 0 Å². The molecule has 0 spiro atoms. The van der Waals surface area contributed by atoms with Crippen LogP contribution in [0.2, 0.25) is 0 Å². The fourth-order valence-electron chi connectivity index (χ4n) is 2.95. The molecule has 0 radical (unpaired) electrons. The molecule has 1 saturated heterocycles. The molecule has 1 aromatic carbocycles. The van der Waals surface area contributed by atoms with Gasteiger partial charge in [-0.1, -0.05) is 18.2 Å². The molecule has 0 bridgehead atoms. The fraction of sp³-hybridized carbons (Fsp3) is 0.471. The monoisotopic (exact) mass is 477 g/mol. The van der Waals surface area contributed by atoms with E-state index in [9.17, 15) is 8.42 Å². The van der Waals surface area contributed by atoms with Gasteiger partial charge in [-0.05, 0) is 26.0 Å². The average Bonchev–Trinajstić information content (AvgIpc) is 2.94. The maximum Gasteiger partial charge on any atom is 0.194 e. The molecule has 0 unspecified atom stereocenters. The lowest BCUT2D eigenvalue weighted by Crippen LogP contribution is -2.57. The summed E-state index contributed by atoms with van der Waals surface area (Å²) in [7, 11) is -1.36. The van der Waals surface area contributed by atoms with E-state index in [1.54, 1.807) is 20.9 Å². The Balaban J connectivity index is 0.00000225. The van der Waals surface area contributed by atoms with Crippen LogP contribution in [-0.2, 0) is 16.4 Å². The summed E-state index contributed by atoms with van der Waals surface area (Å²) in [5.41, 5.74) is 0.856. The minimum absolute atomic E-state index is 0. The van der Waals surface area contributed by atoms with E-state index in [0.717, 1.165) is 16.7 Å². The van der Waals surface area contributed by atoms with E-state index in [0.29, 0.717) is 25.6 Å². The molecule has 1 aromatic heterocycles. The topological polar surface area (TPSA) is 74.9 Å². The predicted octanol–water partition coefficient (Wildman–Crippen LogP) is 2.64. The van der Waals surface area contributed by atoms with Crippen molar-refractivity contribution in [2.24, 2.45) is 4.99 Å². The Labute approximate surface area is 165 Å². The number of nitrogens with zero attached hydrogens (tertiary/aromatic N) is 2. The van der Waals surface area contributed by atoms with Gasteiger partial charge in [-0.3, -0.25) is 4.99 Å². The van der Waals surface area contributed by atoms with Crippen molar-refractivity contribution in [3.8, 4) is 0 Å². The van der Waals surface area contributed by atoms with Crippen LogP contribution in [-0.4, -0.2) is 49.9 Å². The van der Waals surface area contributed by atoms with Gasteiger partial charge in [-0.2, -0.15) is 0 Å². The average molecular weight is 477 g/mol. The van der Waals surface area contributed by atoms with E-state index in [1.807, 2.05) is 35.2 Å². The zero-order valence-electron chi connectivity index (χ0n) is 14.7. The number of hydrogen-bond donors (Lipinski definition) is 1. The van der Waals surface area contributed by atoms with Crippen molar-refractivity contribution in [1.82, 2.24) is 10.2 Å². The lowest BCUT2D eigenvalue weighted by atomic mass is 10.2. The maximum absolute atomic E-state index is 12.1. The van der Waals surface area contributed by atoms with Crippen molar-refractivity contribution in [2.45, 2.75) is 25.1 Å². The number of nitrogens with one attached hydrogen (secondary N) is 1. The van der Waals surface area contributed by atoms with Gasteiger partial charge in [0.2, 0.25) is 0 Å². The Bertz CT molecular complexity index is 841. The van der Waals surface area contributed by atoms with Gasteiger partial charge in [-0.15, -0.1) is 24.0 Å². The molecule has 0 amide bonds. The summed E-state index contributed by atoms with van der Waals surface area (Å²) in [5.74, 6) is 1.66. The van der Waals surface area contributed by atoms with Crippen molar-refractivity contribution in [1.29, 1.82) is 0 Å². The van der Waals surface area contributed by atoms with Crippen LogP contribution >= 0.6 is 24.0 Å². The molecule has 138 valence electrons. The summed E-state index contributed by atoms with van der Waals surface area (Å²) in [6.45, 7) is 4.91. The Kier molecular flexibility index (Phi) is 6.03. The summed E-state index contributed by atoms with van der Waals surface area (Å²) in [6, 6.07) is 9.86. The van der Waals surface area contributed by atoms with E-state index in [2.05, 4.69) is 10.3 Å². The van der Waals surface area contributed by atoms with Gasteiger partial charge in [0.25, 0.3) is 0 Å². The van der Waals surface area contributed by atoms with Gasteiger partial charge in [0.05, 0.1) is 17.0 Å². The van der Waals surface area contributed by atoms with Crippen LogP contribution in [0.3, 0.4) is 0 Å². The highest BCUT2D eigenvalue weighted by Gasteiger charge is 2.40. The molecule has 0 saturated carbocycles. The number of hydrogen-bond acceptors (Lipinski definition) is 4. The summed E-state index contributed by atoms with van der Waals surface area (Å²) in [5, 5.41) is 4.33. The normalized spacial score (nSPS) is 19.5. The van der Waals surface area contributed by atoms with Gasteiger partial charge in [0.15, 0.2) is 15.8 Å². The Morgan fingerprint density at radius 1 is 1.36 bits per heavy atom. The number of fused-ring (bicyclic) bond motifs is 1. The second kappa shape index (κ2) is 7.53. The first kappa shape index (κ1) is 20.0. The minimum atomic E-state index is -3.06. The van der Waals surface area contributed by atoms with Crippen molar-refractivity contribution < 1.29 is 12.8 Å². The number of benzene rings is 1. The van der Waals surface area contributed by atoms with E-state index in [1.165, 1.54) is 0 Å². The molecule has 2 heterocycles. The van der Waals surface area contributed by atoms with Crippen LogP contribution in [0.5, 0.6) is 0 Å². The van der Waals surface area contributed by atoms with Crippen LogP contribution in [0.4, 0.5) is 0 Å². The third kappa shape index (κ3) is 4.11. The van der Waals surface area contributed by atoms with E-state index < -0.39 is 14.6 Å². The zero-order chi connectivity index (χ0) is 17.4. The minimum Gasteiger partial charge on any atom is -0.459 e. The molecular formula is C17H24IN3O3S. The number of rotatable bonds is 2. The summed E-state index contributed by atoms with van der Waals surface area (Å²) in [4.78, 5) is 6.28. The molecule has 8 heteroatoms. The van der Waals surface area contributed by atoms with Crippen molar-refractivity contribution in [3.05, 3.63) is 36.1 Å². The first-order valence-electron chi connectivity index (χ1n) is 7.98. The number of sulfone groups is 1. The van der Waals surface area contributed by atoms with Crippen LogP contribution in [0.15, 0.2) is 39.7 Å². The van der Waals surface area contributed by atoms with Crippen LogP contribution in [0.25, 0.3) is 11.0 Å². The fourth-order valence-corrected chi connectivity index (χ4v) is 4.31. The molecule has 3 rings (SSSR count). The number of halogens is 1. The van der Waals surface area contributed by atoms with Gasteiger partial charge < -0.3 is 14.6 Å². The highest BCUT2D eigenvalue weighted by atomic mass is 127. The lowest BCUT2D eigenvalue weighted by Gasteiger charge is -2.39. The first-order valence-corrected chi connectivity index (χ1v) is 9.63. The Morgan fingerprint density at radius 2 is 2.08 bits per heavy atom. The summed E-state index contributed by atoms with van der Waals surface area (Å²) in [6.07, 6.45) is 0. The molecule has 0 atom stereocenters. The second-order valence-electron chi connectivity index (χ2n) is 6.65. The number of guanidine groups is 1. The van der Waals surface area contributed by atoms with E-state index in [4.69, 9.17) is 4.42 Å². The number of furan rings is 1. The number of aliphatic imine (C=N–C) groups is 1. The molecule has 1 aliphatic heterocycles. The van der Waals surface area contributed by atoms with Gasteiger partial charge in [0.1, 0.15) is 11.3 Å². The Hall–Kier alpha value is -1.29. The maximum atomic E-state index is 12.1. The standard InChI is InChI=1S/C17H23N3O3S.HI/c1-17(2)12-20(8-9-24(17,21)22)16(18-3)19-11-14-10-13-6-4-5-7-15(13)23-14;/h4-7,10H,8-9,11-12H2,1-3H3,(H,18,19);1H. The summed E-state index contributed by atoms with van der Waals surface area (Å²) < 4.78 is 29.3. The molecule has 1 N–H and O–H groups in total. The van der Waals surface area contributed by atoms with Crippen molar-refractivity contribution >= 4 is 50.7 Å². The zero-order valence-corrected chi connectivity index (χ0v) is 17.8. The summed E-state index contributed by atoms with van der Waals surface area (Å²) >= 11 is 0. The first-order chi connectivity index (χ1) is 11.3. The van der Waals surface area contributed by atoms with Gasteiger partial charge >= 0.3 is 0 Å². The molecule has 2 aromatic rings. The van der Waals surface area contributed by atoms with Crippen molar-refractivity contribution in [3.63, 3.8) is 0 Å². The van der Waals surface area contributed by atoms with Gasteiger partial charge in [0, 0.05) is 25.5 Å². The second-order valence-corrected chi connectivity index (χ2v) is 9.39. The number of para-hydroxylation sites is 1. The molecule has 25 heavy (non-hydrogen) atoms. The molecule has 1 fully saturated rings. The molecule has 0 aliphatic carbocycles. The third-order valence-electron chi connectivity index (χ3n) is 4.45. The predicted molar refractivity (Wildman–Crippen MR) is 111 cm³/mol. The SMILES string of the molecule is CN=C(NCc1cc2ccccc2o1)N1CCS(=O)(=O)C(C)(C)C1.I. The Morgan fingerprint density at radius 3 is 2.72 bits per heavy atom. The molecular weight excluding hydrogens is 453 g/mol. The largest absolute Gasteiger partial charge is 0.459 e. The van der Waals surface area contributed by atoms with Gasteiger partial charge in [-0.25, -0.2) is 8.42 Å².